The maximum absolute atomic E-state index is 15.0. The zero-order valence-electron chi connectivity index (χ0n) is 80.8. The quantitative estimate of drug-likeness (QED) is 0.0154. The van der Waals surface area contributed by atoms with E-state index in [1.54, 1.807) is 19.3 Å². The van der Waals surface area contributed by atoms with Gasteiger partial charge in [0.05, 0.1) is 0 Å². The van der Waals surface area contributed by atoms with E-state index in [-0.39, 0.29) is 151 Å². The summed E-state index contributed by atoms with van der Waals surface area (Å²) < 4.78 is 0. The van der Waals surface area contributed by atoms with Gasteiger partial charge in [0.1, 0.15) is 72.5 Å². The minimum Gasteiger partial charge on any atom is -0.370 e. The fourth-order valence-electron chi connectivity index (χ4n) is 19.8. The minimum atomic E-state index is -1.17. The first-order chi connectivity index (χ1) is 67.1. The van der Waals surface area contributed by atoms with Gasteiger partial charge in [-0.25, -0.2) is 0 Å². The Bertz CT molecular complexity index is 5160. The summed E-state index contributed by atoms with van der Waals surface area (Å²) in [5.74, 6) is -7.50. The Morgan fingerprint density at radius 3 is 1.34 bits per heavy atom. The average Bonchev–Trinajstić information content (AvgIpc) is 1.76. The number of hydrogen-bond acceptors (Lipinski definition) is 17. The molecule has 0 spiro atoms. The van der Waals surface area contributed by atoms with E-state index in [0.717, 1.165) is 121 Å². The Labute approximate surface area is 813 Å². The van der Waals surface area contributed by atoms with Crippen LogP contribution in [-0.2, 0) is 92.8 Å². The molecule has 14 amide bonds. The van der Waals surface area contributed by atoms with E-state index in [4.69, 9.17) is 28.7 Å². The summed E-state index contributed by atoms with van der Waals surface area (Å²) in [6.07, 6.45) is 20.1. The molecule has 4 aromatic carbocycles. The highest BCUT2D eigenvalue weighted by molar-refractivity contribution is 6.01. The number of aromatic amines is 2. The average molecular weight is 1920 g/mol. The van der Waals surface area contributed by atoms with Crippen LogP contribution in [0.5, 0.6) is 0 Å². The Balaban J connectivity index is 0.000000266. The van der Waals surface area contributed by atoms with Crippen LogP contribution in [0.1, 0.15) is 223 Å². The molecule has 139 heavy (non-hydrogen) atoms. The lowest BCUT2D eigenvalue weighted by molar-refractivity contribution is -0.143. The predicted molar refractivity (Wildman–Crippen MR) is 531 cm³/mol. The summed E-state index contributed by atoms with van der Waals surface area (Å²) in [5.41, 5.74) is 32.8. The van der Waals surface area contributed by atoms with E-state index < -0.39 is 149 Å². The summed E-state index contributed by atoms with van der Waals surface area (Å²) in [7, 11) is 0. The lowest BCUT2D eigenvalue weighted by Gasteiger charge is -2.34. The Morgan fingerprint density at radius 1 is 0.432 bits per heavy atom. The molecule has 12 rings (SSSR count). The molecular weight excluding hydrogens is 1770 g/mol. The first-order valence-corrected chi connectivity index (χ1v) is 50.2. The summed E-state index contributed by atoms with van der Waals surface area (Å²) in [4.78, 5) is 218. The zero-order chi connectivity index (χ0) is 99.3. The molecule has 0 bridgehead atoms. The fraction of sp³-hybridized carbons (Fsp3) is 0.569. The summed E-state index contributed by atoms with van der Waals surface area (Å²) in [6.45, 7) is 7.10. The van der Waals surface area contributed by atoms with Gasteiger partial charge in [-0.15, -0.1) is 0 Å². The van der Waals surface area contributed by atoms with Crippen molar-refractivity contribution in [2.45, 2.75) is 299 Å². The second-order valence-electron chi connectivity index (χ2n) is 38.6. The lowest BCUT2D eigenvalue weighted by Crippen LogP contribution is -2.61. The van der Waals surface area contributed by atoms with Crippen LogP contribution in [0.2, 0.25) is 0 Å². The van der Waals surface area contributed by atoms with Crippen molar-refractivity contribution >= 4 is 116 Å². The molecule has 24 N–H and O–H groups in total. The van der Waals surface area contributed by atoms with Gasteiger partial charge < -0.3 is 112 Å². The molecule has 6 aromatic rings. The molecule has 4 aliphatic heterocycles. The Morgan fingerprint density at radius 2 is 0.863 bits per heavy atom. The van der Waals surface area contributed by atoms with Gasteiger partial charge in [-0.1, -0.05) is 188 Å². The number of para-hydroxylation sites is 2. The van der Waals surface area contributed by atoms with Crippen LogP contribution < -0.4 is 92.5 Å². The molecule has 6 fully saturated rings. The topological polar surface area (TPSA) is 576 Å². The number of fused-ring (bicyclic) bond motifs is 4. The molecule has 13 atom stereocenters. The number of H-pyrrole nitrogens is 2. The smallest absolute Gasteiger partial charge is 0.246 e. The van der Waals surface area contributed by atoms with Gasteiger partial charge in [-0.2, -0.15) is 0 Å². The Hall–Kier alpha value is -13.0. The van der Waals surface area contributed by atoms with E-state index in [1.807, 2.05) is 123 Å². The SMILES string of the molecule is CC(C)CC(=O)N[C@@H](Cc1ccccc1)C(=O)N[C@H]1CCCNC(=O)[C@H](CCCN=C(N)N)NC(=O)[C@H](Cc2c[nH]c3ccccc23)NC(=O)[C@@H](CC2CCCCC2)NC(=O)[C@@H]2CCCN2C1=O.CC1CCNC(=O)[C@H](CCCN=C(N)N)NC(=O)[C@H](Cc2c[nH]c3ccccc23)NC(=O)[C@@H](CC2CCCCC2)NC(=O)[C@@H]2CCCN2C(=O)[C@H]1NC(=O)[C@H](Cc1ccccc1)NC(=O)CCCCCN. The molecule has 2 aliphatic carbocycles. The highest BCUT2D eigenvalue weighted by Gasteiger charge is 2.45. The number of carbonyl (C=O) groups excluding carboxylic acids is 14. The van der Waals surface area contributed by atoms with Crippen molar-refractivity contribution in [1.82, 2.24) is 83.6 Å². The molecule has 4 saturated heterocycles. The molecule has 1 unspecified atom stereocenters. The van der Waals surface area contributed by atoms with Crippen LogP contribution in [0.3, 0.4) is 0 Å². The van der Waals surface area contributed by atoms with E-state index in [1.165, 1.54) is 9.80 Å². The highest BCUT2D eigenvalue weighted by Crippen LogP contribution is 2.32. The van der Waals surface area contributed by atoms with Crippen LogP contribution in [0.4, 0.5) is 0 Å². The standard InChI is InChI=1S/C52H76N12O7.C50H71N11O7/c1-33-24-27-56-46(66)39(21-13-26-57-52(54)55)60-48(68)42(31-36-32-58-38-20-11-10-19-37(36)38)61-47(67)41(30-35-17-7-3-8-18-35)62-50(70)43-22-14-28-64(43)51(71)45(33)63-49(69)40(29-34-15-5-2-6-16-34)59-44(65)23-9-4-12-25-53;1-31(2)26-43(62)56-39(27-32-14-5-3-6-15-32)45(64)58-38-21-12-23-53-44(63)37(20-11-24-54-50(51)52)57-47(66)41(29-34-30-55-36-19-10-9-18-35(34)36)59-46(65)40(28-33-16-7-4-8-17-33)60-48(67)42-22-13-25-61(42)49(38)68/h2,5-6,10-11,15-16,19-20,32-33,35,39-43,45,58H,3-4,7-9,12-14,17-18,21-31,53H2,1H3,(H,56,66)(H,59,65)(H,60,68)(H,61,67)(H,62,70)(H,63,69)(H4,54,55,57);3,5-6,9-10,14-15,18-19,30-31,33,37-42,55H,4,7-8,11-13,16-17,20-29H2,1-2H3,(H,53,63)(H,56,62)(H,57,66)(H,58,64)(H,59,65)(H,60,67)(H4,51,52,54)/t33?,39-,40-,41+,42-,43-,45-;37-,38-,39-,40+,41-,42-/m00/s1. The number of rotatable bonds is 33. The van der Waals surface area contributed by atoms with Crippen molar-refractivity contribution in [3.63, 3.8) is 0 Å². The van der Waals surface area contributed by atoms with Gasteiger partial charge in [-0.05, 0) is 161 Å². The lowest BCUT2D eigenvalue weighted by atomic mass is 9.84. The van der Waals surface area contributed by atoms with E-state index in [2.05, 4.69) is 83.8 Å². The normalized spacial score (nSPS) is 23.3. The van der Waals surface area contributed by atoms with E-state index in [0.29, 0.717) is 64.3 Å². The molecular formula is C102H147N23O14. The molecule has 2 aromatic heterocycles. The molecule has 0 radical (unpaired) electrons. The number of nitrogens with two attached hydrogens (primary N) is 5. The van der Waals surface area contributed by atoms with Gasteiger partial charge in [0.15, 0.2) is 11.9 Å². The van der Waals surface area contributed by atoms with Crippen molar-refractivity contribution in [3.05, 3.63) is 144 Å². The number of carbonyl (C=O) groups is 14. The zero-order valence-corrected chi connectivity index (χ0v) is 80.8. The van der Waals surface area contributed by atoms with Gasteiger partial charge in [0, 0.05) is 112 Å². The largest absolute Gasteiger partial charge is 0.370 e. The van der Waals surface area contributed by atoms with Crippen molar-refractivity contribution in [1.29, 1.82) is 0 Å². The highest BCUT2D eigenvalue weighted by atomic mass is 16.2. The van der Waals surface area contributed by atoms with E-state index >= 15 is 4.79 Å². The van der Waals surface area contributed by atoms with Crippen molar-refractivity contribution in [2.24, 2.45) is 62.3 Å². The number of guanidine groups is 2. The summed E-state index contributed by atoms with van der Waals surface area (Å²) in [5, 5.41) is 37.1. The third-order valence-electron chi connectivity index (χ3n) is 27.3. The number of nitrogens with one attached hydrogen (secondary N) is 14. The molecule has 6 heterocycles. The van der Waals surface area contributed by atoms with Gasteiger partial charge >= 0.3 is 0 Å². The maximum atomic E-state index is 15.0. The molecule has 37 heteroatoms. The van der Waals surface area contributed by atoms with Crippen LogP contribution in [0, 0.1) is 23.7 Å². The number of benzene rings is 4. The van der Waals surface area contributed by atoms with Crippen molar-refractivity contribution in [3.8, 4) is 0 Å². The van der Waals surface area contributed by atoms with Crippen LogP contribution in [0.25, 0.3) is 21.8 Å². The number of nitrogens with zero attached hydrogens (tertiary/aromatic N) is 4. The van der Waals surface area contributed by atoms with Crippen molar-refractivity contribution < 1.29 is 67.1 Å². The number of unbranched alkanes of at least 4 members (excludes halogenated alkanes) is 2. The summed E-state index contributed by atoms with van der Waals surface area (Å²) >= 11 is 0. The van der Waals surface area contributed by atoms with Crippen LogP contribution >= 0.6 is 0 Å². The number of hydrogen-bond donors (Lipinski definition) is 19. The summed E-state index contributed by atoms with van der Waals surface area (Å²) in [6, 6.07) is 21.0. The third kappa shape index (κ3) is 32.9. The molecule has 6 aliphatic rings. The molecule has 37 nitrogen and oxygen atoms in total. The third-order valence-corrected chi connectivity index (χ3v) is 27.3. The monoisotopic (exact) mass is 1920 g/mol. The van der Waals surface area contributed by atoms with Gasteiger partial charge in [0.2, 0.25) is 82.7 Å². The van der Waals surface area contributed by atoms with Gasteiger partial charge in [-0.3, -0.25) is 77.1 Å². The van der Waals surface area contributed by atoms with Gasteiger partial charge in [0.25, 0.3) is 0 Å². The van der Waals surface area contributed by atoms with Crippen molar-refractivity contribution in [2.75, 3.05) is 45.8 Å². The molecule has 2 saturated carbocycles. The fourth-order valence-corrected chi connectivity index (χ4v) is 19.8. The second kappa shape index (κ2) is 54.4. The van der Waals surface area contributed by atoms with Crippen LogP contribution in [0.15, 0.2) is 132 Å². The first kappa shape index (κ1) is 106. The number of aromatic nitrogens is 2. The predicted octanol–water partition coefficient (Wildman–Crippen LogP) is 4.42. The maximum Gasteiger partial charge on any atom is 0.246 e. The number of aliphatic imine (C=N–C) groups is 2. The Kier molecular flexibility index (Phi) is 41.7. The van der Waals surface area contributed by atoms with E-state index in [9.17, 15) is 62.3 Å². The minimum absolute atomic E-state index is 0.0402. The second-order valence-corrected chi connectivity index (χ2v) is 38.6. The first-order valence-electron chi connectivity index (χ1n) is 50.2. The van der Waals surface area contributed by atoms with Crippen LogP contribution in [-0.4, -0.2) is 233 Å². The number of amides is 14. The molecule has 754 valence electrons.